The Bertz CT molecular complexity index is 264. The maximum absolute atomic E-state index is 2.45. The molecule has 24 heavy (non-hydrogen) atoms. The molecule has 3 fully saturated rings. The normalized spacial score (nSPS) is 40.2. The van der Waals surface area contributed by atoms with E-state index in [1.807, 2.05) is 0 Å². The van der Waals surface area contributed by atoms with E-state index in [9.17, 15) is 0 Å². The zero-order chi connectivity index (χ0) is 15.4. The first kappa shape index (κ1) is 22.0. The Morgan fingerprint density at radius 1 is 0.417 bits per heavy atom. The third kappa shape index (κ3) is 6.72. The van der Waals surface area contributed by atoms with Crippen LogP contribution in [0.25, 0.3) is 0 Å². The lowest BCUT2D eigenvalue weighted by Crippen LogP contribution is -2.22. The summed E-state index contributed by atoms with van der Waals surface area (Å²) in [6.07, 6.45) is 21.7. The smallest absolute Gasteiger partial charge is 0.0411 e. The molecule has 0 heterocycles. The van der Waals surface area contributed by atoms with Crippen LogP contribution in [0.1, 0.15) is 119 Å². The largest absolute Gasteiger partial charge is 0.0776 e. The highest BCUT2D eigenvalue weighted by atomic mass is 14.3. The number of hydrogen-bond donors (Lipinski definition) is 0. The molecule has 0 heteroatoms. The average Bonchev–Trinajstić information content (AvgIpc) is 2.54. The van der Waals surface area contributed by atoms with E-state index in [4.69, 9.17) is 0 Å². The fourth-order valence-electron chi connectivity index (χ4n) is 5.78. The van der Waals surface area contributed by atoms with Gasteiger partial charge in [-0.1, -0.05) is 106 Å². The van der Waals surface area contributed by atoms with Crippen LogP contribution in [-0.4, -0.2) is 0 Å². The quantitative estimate of drug-likeness (QED) is 0.482. The second-order valence-electron chi connectivity index (χ2n) is 9.61. The molecule has 0 aliphatic heterocycles. The molecule has 0 radical (unpaired) electrons. The summed E-state index contributed by atoms with van der Waals surface area (Å²) in [6, 6.07) is 0. The number of rotatable bonds is 4. The molecule has 3 aliphatic carbocycles. The summed E-state index contributed by atoms with van der Waals surface area (Å²) in [5.74, 6) is 6.42. The predicted molar refractivity (Wildman–Crippen MR) is 110 cm³/mol. The van der Waals surface area contributed by atoms with Gasteiger partial charge in [0.15, 0.2) is 0 Å². The van der Waals surface area contributed by atoms with Crippen molar-refractivity contribution in [2.75, 3.05) is 0 Å². The van der Waals surface area contributed by atoms with E-state index in [2.05, 4.69) is 13.8 Å². The van der Waals surface area contributed by atoms with E-state index >= 15 is 0 Å². The van der Waals surface area contributed by atoms with Gasteiger partial charge < -0.3 is 0 Å². The lowest BCUT2D eigenvalue weighted by atomic mass is 9.70. The first-order chi connectivity index (χ1) is 10.7. The van der Waals surface area contributed by atoms with Gasteiger partial charge in [0.1, 0.15) is 0 Å². The average molecular weight is 337 g/mol. The van der Waals surface area contributed by atoms with Crippen molar-refractivity contribution >= 4 is 0 Å². The predicted octanol–water partition coefficient (Wildman–Crippen LogP) is 8.50. The SMILES string of the molecule is C.C.CC1CCC(CC2CCC(CC3CCC(C)CC3)CC2)CC1. The molecule has 0 nitrogen and oxygen atoms in total. The molecule has 0 aromatic carbocycles. The first-order valence-corrected chi connectivity index (χ1v) is 10.7. The molecule has 3 saturated carbocycles. The van der Waals surface area contributed by atoms with Crippen molar-refractivity contribution in [3.8, 4) is 0 Å². The molecule has 0 N–H and O–H groups in total. The molecule has 0 spiro atoms. The molecule has 0 amide bonds. The minimum atomic E-state index is 0. The summed E-state index contributed by atoms with van der Waals surface area (Å²) in [7, 11) is 0. The van der Waals surface area contributed by atoms with Crippen LogP contribution in [0.3, 0.4) is 0 Å². The van der Waals surface area contributed by atoms with Gasteiger partial charge in [0.25, 0.3) is 0 Å². The lowest BCUT2D eigenvalue weighted by molar-refractivity contribution is 0.168. The van der Waals surface area contributed by atoms with Crippen LogP contribution in [0.4, 0.5) is 0 Å². The van der Waals surface area contributed by atoms with Crippen molar-refractivity contribution in [1.29, 1.82) is 0 Å². The van der Waals surface area contributed by atoms with Crippen LogP contribution in [0.15, 0.2) is 0 Å². The van der Waals surface area contributed by atoms with E-state index in [0.717, 1.165) is 35.5 Å². The summed E-state index contributed by atoms with van der Waals surface area (Å²) in [6.45, 7) is 4.90. The van der Waals surface area contributed by atoms with Crippen molar-refractivity contribution in [1.82, 2.24) is 0 Å². The molecule has 0 atom stereocenters. The van der Waals surface area contributed by atoms with Crippen molar-refractivity contribution in [3.05, 3.63) is 0 Å². The summed E-state index contributed by atoms with van der Waals surface area (Å²) in [5.41, 5.74) is 0. The lowest BCUT2D eigenvalue weighted by Gasteiger charge is -2.35. The number of hydrogen-bond acceptors (Lipinski definition) is 0. The van der Waals surface area contributed by atoms with Gasteiger partial charge in [0.2, 0.25) is 0 Å². The Balaban J connectivity index is 0.00000144. The van der Waals surface area contributed by atoms with Crippen molar-refractivity contribution in [3.63, 3.8) is 0 Å². The highest BCUT2D eigenvalue weighted by molar-refractivity contribution is 4.80. The topological polar surface area (TPSA) is 0 Å². The van der Waals surface area contributed by atoms with Crippen molar-refractivity contribution in [2.24, 2.45) is 35.5 Å². The minimum Gasteiger partial charge on any atom is -0.0776 e. The monoisotopic (exact) mass is 336 g/mol. The third-order valence-corrected chi connectivity index (χ3v) is 7.57. The molecule has 144 valence electrons. The van der Waals surface area contributed by atoms with Gasteiger partial charge in [-0.3, -0.25) is 0 Å². The molecule has 0 aromatic rings. The van der Waals surface area contributed by atoms with Crippen molar-refractivity contribution < 1.29 is 0 Å². The molecular formula is C24H48. The van der Waals surface area contributed by atoms with E-state index in [0.29, 0.717) is 0 Å². The van der Waals surface area contributed by atoms with Crippen molar-refractivity contribution in [2.45, 2.75) is 119 Å². The fraction of sp³-hybridized carbons (Fsp3) is 1.00. The summed E-state index contributed by atoms with van der Waals surface area (Å²) in [4.78, 5) is 0. The zero-order valence-corrected chi connectivity index (χ0v) is 15.4. The highest BCUT2D eigenvalue weighted by Gasteiger charge is 2.28. The molecule has 3 aliphatic rings. The van der Waals surface area contributed by atoms with E-state index < -0.39 is 0 Å². The molecule has 0 bridgehead atoms. The Kier molecular flexibility index (Phi) is 9.98. The second-order valence-corrected chi connectivity index (χ2v) is 9.61. The highest BCUT2D eigenvalue weighted by Crippen LogP contribution is 2.41. The van der Waals surface area contributed by atoms with Crippen LogP contribution >= 0.6 is 0 Å². The van der Waals surface area contributed by atoms with Gasteiger partial charge in [-0.25, -0.2) is 0 Å². The van der Waals surface area contributed by atoms with Crippen LogP contribution < -0.4 is 0 Å². The van der Waals surface area contributed by atoms with Gasteiger partial charge in [0, 0.05) is 0 Å². The van der Waals surface area contributed by atoms with Gasteiger partial charge >= 0.3 is 0 Å². The Hall–Kier alpha value is 0. The summed E-state index contributed by atoms with van der Waals surface area (Å²) < 4.78 is 0. The van der Waals surface area contributed by atoms with E-state index in [1.165, 1.54) is 25.7 Å². The Morgan fingerprint density at radius 2 is 0.625 bits per heavy atom. The van der Waals surface area contributed by atoms with E-state index in [-0.39, 0.29) is 14.9 Å². The van der Waals surface area contributed by atoms with Crippen LogP contribution in [-0.2, 0) is 0 Å². The molecule has 0 unspecified atom stereocenters. The molecular weight excluding hydrogens is 288 g/mol. The van der Waals surface area contributed by atoms with E-state index in [1.54, 1.807) is 64.2 Å². The standard InChI is InChI=1S/C22H40.2CH4/c1-17-3-7-19(8-4-17)15-21-11-13-22(14-12-21)16-20-9-5-18(2)6-10-20;;/h17-22H,3-16H2,1-2H3;2*1H4. The maximum atomic E-state index is 2.45. The fourth-order valence-corrected chi connectivity index (χ4v) is 5.78. The summed E-state index contributed by atoms with van der Waals surface area (Å²) >= 11 is 0. The third-order valence-electron chi connectivity index (χ3n) is 7.57. The van der Waals surface area contributed by atoms with Crippen LogP contribution in [0.5, 0.6) is 0 Å². The zero-order valence-electron chi connectivity index (χ0n) is 15.4. The van der Waals surface area contributed by atoms with Gasteiger partial charge in [-0.15, -0.1) is 0 Å². The second kappa shape index (κ2) is 10.9. The van der Waals surface area contributed by atoms with Gasteiger partial charge in [-0.05, 0) is 48.3 Å². The minimum absolute atomic E-state index is 0. The Labute approximate surface area is 154 Å². The summed E-state index contributed by atoms with van der Waals surface area (Å²) in [5, 5.41) is 0. The molecule has 0 aromatic heterocycles. The van der Waals surface area contributed by atoms with Gasteiger partial charge in [-0.2, -0.15) is 0 Å². The maximum Gasteiger partial charge on any atom is -0.0411 e. The molecule has 3 rings (SSSR count). The molecule has 0 saturated heterocycles. The first-order valence-electron chi connectivity index (χ1n) is 10.7. The van der Waals surface area contributed by atoms with Crippen LogP contribution in [0.2, 0.25) is 0 Å². The van der Waals surface area contributed by atoms with Crippen LogP contribution in [0, 0.1) is 35.5 Å². The van der Waals surface area contributed by atoms with Gasteiger partial charge in [0.05, 0.1) is 0 Å². The Morgan fingerprint density at radius 3 is 0.875 bits per heavy atom.